The highest BCUT2D eigenvalue weighted by atomic mass is 16.5. The SMILES string of the molecule is COc1ccccc1C(=O)N/N=C1\CCCc2oc(C(=O)N(C)c3ccccc3)c(C)c21. The molecule has 0 radical (unpaired) electrons. The summed E-state index contributed by atoms with van der Waals surface area (Å²) in [5.74, 6) is 0.922. The van der Waals surface area contributed by atoms with Crippen molar-refractivity contribution < 1.29 is 18.7 Å². The molecule has 7 heteroatoms. The van der Waals surface area contributed by atoms with Gasteiger partial charge in [0.2, 0.25) is 0 Å². The number of nitrogens with one attached hydrogen (secondary N) is 1. The zero-order valence-electron chi connectivity index (χ0n) is 18.3. The van der Waals surface area contributed by atoms with E-state index in [2.05, 4.69) is 10.5 Å². The Kier molecular flexibility index (Phi) is 6.07. The van der Waals surface area contributed by atoms with E-state index in [1.165, 1.54) is 7.11 Å². The van der Waals surface area contributed by atoms with E-state index in [4.69, 9.17) is 9.15 Å². The van der Waals surface area contributed by atoms with Gasteiger partial charge in [-0.05, 0) is 44.0 Å². The van der Waals surface area contributed by atoms with Crippen molar-refractivity contribution in [1.29, 1.82) is 0 Å². The number of methoxy groups -OCH3 is 1. The third-order valence-electron chi connectivity index (χ3n) is 5.61. The number of carbonyl (C=O) groups excluding carboxylic acids is 2. The monoisotopic (exact) mass is 431 g/mol. The molecule has 1 aromatic heterocycles. The summed E-state index contributed by atoms with van der Waals surface area (Å²) < 4.78 is 11.3. The Morgan fingerprint density at radius 3 is 2.53 bits per heavy atom. The molecule has 0 saturated heterocycles. The first kappa shape index (κ1) is 21.4. The number of fused-ring (bicyclic) bond motifs is 1. The second-order valence-electron chi connectivity index (χ2n) is 7.61. The lowest BCUT2D eigenvalue weighted by atomic mass is 9.93. The van der Waals surface area contributed by atoms with Gasteiger partial charge in [0.05, 0.1) is 18.4 Å². The predicted octanol–water partition coefficient (Wildman–Crippen LogP) is 4.34. The van der Waals surface area contributed by atoms with Gasteiger partial charge in [0.1, 0.15) is 11.5 Å². The molecule has 0 bridgehead atoms. The van der Waals surface area contributed by atoms with Crippen molar-refractivity contribution in [2.45, 2.75) is 26.2 Å². The third-order valence-corrected chi connectivity index (χ3v) is 5.61. The number of para-hydroxylation sites is 2. The fourth-order valence-electron chi connectivity index (χ4n) is 3.92. The van der Waals surface area contributed by atoms with Crippen LogP contribution in [0.2, 0.25) is 0 Å². The summed E-state index contributed by atoms with van der Waals surface area (Å²) in [7, 11) is 3.24. The van der Waals surface area contributed by atoms with E-state index in [0.29, 0.717) is 29.2 Å². The normalized spacial score (nSPS) is 14.0. The number of benzene rings is 2. The van der Waals surface area contributed by atoms with Crippen molar-refractivity contribution >= 4 is 23.2 Å². The van der Waals surface area contributed by atoms with Gasteiger partial charge in [0.25, 0.3) is 11.8 Å². The van der Waals surface area contributed by atoms with Gasteiger partial charge in [-0.1, -0.05) is 30.3 Å². The zero-order valence-corrected chi connectivity index (χ0v) is 18.3. The Morgan fingerprint density at radius 2 is 1.78 bits per heavy atom. The van der Waals surface area contributed by atoms with Crippen LogP contribution in [0, 0.1) is 6.92 Å². The van der Waals surface area contributed by atoms with Gasteiger partial charge in [-0.3, -0.25) is 9.59 Å². The maximum absolute atomic E-state index is 13.1. The van der Waals surface area contributed by atoms with Crippen molar-refractivity contribution in [1.82, 2.24) is 5.43 Å². The number of aryl methyl sites for hydroxylation is 1. The molecular formula is C25H25N3O4. The summed E-state index contributed by atoms with van der Waals surface area (Å²) in [6, 6.07) is 16.4. The quantitative estimate of drug-likeness (QED) is 0.609. The van der Waals surface area contributed by atoms with Crippen LogP contribution in [0.15, 0.2) is 64.1 Å². The van der Waals surface area contributed by atoms with E-state index in [-0.39, 0.29) is 11.8 Å². The number of anilines is 1. The van der Waals surface area contributed by atoms with Crippen LogP contribution in [0.3, 0.4) is 0 Å². The molecule has 0 aliphatic heterocycles. The summed E-state index contributed by atoms with van der Waals surface area (Å²) in [6.07, 6.45) is 2.23. The van der Waals surface area contributed by atoms with Crippen molar-refractivity contribution in [3.63, 3.8) is 0 Å². The topological polar surface area (TPSA) is 84.1 Å². The average molecular weight is 431 g/mol. The van der Waals surface area contributed by atoms with Crippen molar-refractivity contribution in [2.24, 2.45) is 5.10 Å². The van der Waals surface area contributed by atoms with Crippen LogP contribution in [0.25, 0.3) is 0 Å². The molecule has 1 aliphatic carbocycles. The lowest BCUT2D eigenvalue weighted by molar-refractivity contribution is 0.0948. The van der Waals surface area contributed by atoms with Crippen LogP contribution in [-0.2, 0) is 6.42 Å². The van der Waals surface area contributed by atoms with Crippen LogP contribution in [-0.4, -0.2) is 31.7 Å². The molecule has 7 nitrogen and oxygen atoms in total. The number of rotatable bonds is 5. The standard InChI is InChI=1S/C25H25N3O4/c1-16-22-19(26-27-24(29)18-12-7-8-14-20(18)31-3)13-9-15-21(22)32-23(16)25(30)28(2)17-10-5-4-6-11-17/h4-8,10-12,14H,9,13,15H2,1-3H3,(H,27,29)/b26-19+. The van der Waals surface area contributed by atoms with Crippen molar-refractivity contribution in [3.8, 4) is 5.75 Å². The first-order valence-electron chi connectivity index (χ1n) is 10.5. The maximum Gasteiger partial charge on any atom is 0.294 e. The lowest BCUT2D eigenvalue weighted by Gasteiger charge is -2.16. The van der Waals surface area contributed by atoms with Crippen molar-refractivity contribution in [3.05, 3.63) is 82.8 Å². The minimum Gasteiger partial charge on any atom is -0.496 e. The first-order chi connectivity index (χ1) is 15.5. The van der Waals surface area contributed by atoms with E-state index < -0.39 is 0 Å². The average Bonchev–Trinajstić information content (AvgIpc) is 3.19. The first-order valence-corrected chi connectivity index (χ1v) is 10.5. The number of carbonyl (C=O) groups is 2. The summed E-state index contributed by atoms with van der Waals surface area (Å²) in [6.45, 7) is 1.86. The van der Waals surface area contributed by atoms with Crippen LogP contribution >= 0.6 is 0 Å². The van der Waals surface area contributed by atoms with E-state index in [0.717, 1.165) is 35.4 Å². The van der Waals surface area contributed by atoms with Crippen LogP contribution in [0.1, 0.15) is 50.6 Å². The summed E-state index contributed by atoms with van der Waals surface area (Å²) in [5.41, 5.74) is 6.06. The fraction of sp³-hybridized carbons (Fsp3) is 0.240. The largest absolute Gasteiger partial charge is 0.496 e. The number of hydrogen-bond acceptors (Lipinski definition) is 5. The van der Waals surface area contributed by atoms with E-state index in [1.807, 2.05) is 37.3 Å². The molecule has 4 rings (SSSR count). The van der Waals surface area contributed by atoms with E-state index in [9.17, 15) is 9.59 Å². The van der Waals surface area contributed by atoms with Crippen LogP contribution in [0.4, 0.5) is 5.69 Å². The molecule has 3 aromatic rings. The number of hydrogen-bond donors (Lipinski definition) is 1. The molecule has 32 heavy (non-hydrogen) atoms. The number of ether oxygens (including phenoxy) is 1. The number of nitrogens with zero attached hydrogens (tertiary/aromatic N) is 2. The Hall–Kier alpha value is -3.87. The molecule has 1 aliphatic rings. The second-order valence-corrected chi connectivity index (χ2v) is 7.61. The summed E-state index contributed by atoms with van der Waals surface area (Å²) >= 11 is 0. The van der Waals surface area contributed by atoms with Crippen molar-refractivity contribution in [2.75, 3.05) is 19.1 Å². The Labute approximate surface area is 186 Å². The fourth-order valence-corrected chi connectivity index (χ4v) is 3.92. The molecule has 0 saturated carbocycles. The lowest BCUT2D eigenvalue weighted by Crippen LogP contribution is -2.26. The number of hydrazone groups is 1. The third kappa shape index (κ3) is 4.01. The molecule has 0 unspecified atom stereocenters. The van der Waals surface area contributed by atoms with E-state index in [1.54, 1.807) is 36.2 Å². The number of amides is 2. The summed E-state index contributed by atoms with van der Waals surface area (Å²) in [5, 5.41) is 4.39. The van der Waals surface area contributed by atoms with E-state index >= 15 is 0 Å². The Bertz CT molecular complexity index is 1180. The van der Waals surface area contributed by atoms with Gasteiger partial charge in [0.15, 0.2) is 5.76 Å². The molecule has 1 N–H and O–H groups in total. The predicted molar refractivity (Wildman–Crippen MR) is 123 cm³/mol. The molecule has 164 valence electrons. The molecule has 0 atom stereocenters. The highest BCUT2D eigenvalue weighted by Gasteiger charge is 2.29. The Balaban J connectivity index is 1.61. The second kappa shape index (κ2) is 9.09. The molecule has 0 fully saturated rings. The highest BCUT2D eigenvalue weighted by Crippen LogP contribution is 2.31. The van der Waals surface area contributed by atoms with Gasteiger partial charge in [0, 0.05) is 30.3 Å². The minimum atomic E-state index is -0.358. The van der Waals surface area contributed by atoms with Gasteiger partial charge >= 0.3 is 0 Å². The molecule has 0 spiro atoms. The zero-order chi connectivity index (χ0) is 22.7. The molecule has 1 heterocycles. The van der Waals surface area contributed by atoms with Gasteiger partial charge in [-0.25, -0.2) is 5.43 Å². The molecular weight excluding hydrogens is 406 g/mol. The molecule has 2 aromatic carbocycles. The molecule has 2 amide bonds. The van der Waals surface area contributed by atoms with Gasteiger partial charge in [-0.2, -0.15) is 5.10 Å². The highest BCUT2D eigenvalue weighted by molar-refractivity contribution is 6.10. The maximum atomic E-state index is 13.1. The van der Waals surface area contributed by atoms with Crippen LogP contribution < -0.4 is 15.1 Å². The Morgan fingerprint density at radius 1 is 1.06 bits per heavy atom. The smallest absolute Gasteiger partial charge is 0.294 e. The number of furan rings is 1. The van der Waals surface area contributed by atoms with Gasteiger partial charge in [-0.15, -0.1) is 0 Å². The minimum absolute atomic E-state index is 0.222. The van der Waals surface area contributed by atoms with Gasteiger partial charge < -0.3 is 14.1 Å². The van der Waals surface area contributed by atoms with Crippen LogP contribution in [0.5, 0.6) is 5.75 Å². The summed E-state index contributed by atoms with van der Waals surface area (Å²) in [4.78, 5) is 27.3.